The molecule has 0 N–H and O–H groups in total. The zero-order valence-electron chi connectivity index (χ0n) is 21.2. The van der Waals surface area contributed by atoms with E-state index in [1.54, 1.807) is 0 Å². The Kier molecular flexibility index (Phi) is 14.8. The smallest absolute Gasteiger partial charge is 0.659 e. The van der Waals surface area contributed by atoms with Crippen molar-refractivity contribution in [1.29, 1.82) is 0 Å². The van der Waals surface area contributed by atoms with Crippen LogP contribution in [0.4, 0.5) is 0 Å². The molecule has 3 aliphatic rings. The minimum Gasteiger partial charge on any atom is -0.659 e. The average molecular weight is 457 g/mol. The number of nitrogens with zero attached hydrogens (tertiary/aromatic N) is 2. The largest absolute Gasteiger partial charge is 4.00 e. The number of fused-ring (bicyclic) bond motifs is 1. The van der Waals surface area contributed by atoms with Gasteiger partial charge in [-0.05, 0) is 50.6 Å². The van der Waals surface area contributed by atoms with Crippen LogP contribution in [-0.2, 0) is 21.7 Å². The molecular formula is C25H52N2SiTi. The molecule has 1 heterocycles. The monoisotopic (exact) mass is 456 g/mol. The molecule has 3 fully saturated rings. The van der Waals surface area contributed by atoms with E-state index >= 15 is 0 Å². The maximum Gasteiger partial charge on any atom is 4.00 e. The van der Waals surface area contributed by atoms with Gasteiger partial charge in [0.2, 0.25) is 0 Å². The van der Waals surface area contributed by atoms with Crippen molar-refractivity contribution in [3.63, 3.8) is 0 Å². The Morgan fingerprint density at radius 3 is 2.00 bits per heavy atom. The molecule has 3 rings (SSSR count). The molecule has 0 aromatic carbocycles. The van der Waals surface area contributed by atoms with Gasteiger partial charge in [-0.3, -0.25) is 0 Å². The number of hydrogen-bond donors (Lipinski definition) is 0. The van der Waals surface area contributed by atoms with E-state index in [9.17, 15) is 0 Å². The first-order valence-corrected chi connectivity index (χ1v) is 14.1. The minimum absolute atomic E-state index is 0. The van der Waals surface area contributed by atoms with Crippen LogP contribution in [0, 0.1) is 34.1 Å². The first kappa shape index (κ1) is 32.0. The van der Waals surface area contributed by atoms with Gasteiger partial charge in [0.15, 0.2) is 0 Å². The summed E-state index contributed by atoms with van der Waals surface area (Å²) in [5, 5.41) is 0. The van der Waals surface area contributed by atoms with E-state index < -0.39 is 8.24 Å². The van der Waals surface area contributed by atoms with E-state index in [4.69, 9.17) is 4.98 Å². The van der Waals surface area contributed by atoms with E-state index in [1.807, 2.05) is 0 Å². The fourth-order valence-corrected chi connectivity index (χ4v) is 11.9. The number of unbranched alkanes of at least 4 members (excludes halogenated alkanes) is 1. The van der Waals surface area contributed by atoms with Crippen LogP contribution in [0.25, 0.3) is 4.98 Å². The molecule has 0 radical (unpaired) electrons. The van der Waals surface area contributed by atoms with Crippen molar-refractivity contribution in [1.82, 2.24) is 4.90 Å². The van der Waals surface area contributed by atoms with Crippen molar-refractivity contribution in [2.75, 3.05) is 13.1 Å². The van der Waals surface area contributed by atoms with Crippen LogP contribution in [0.15, 0.2) is 0 Å². The van der Waals surface area contributed by atoms with Crippen LogP contribution >= 0.6 is 0 Å². The van der Waals surface area contributed by atoms with Gasteiger partial charge in [-0.15, -0.1) is 5.54 Å². The quantitative estimate of drug-likeness (QED) is 0.293. The molecule has 4 unspecified atom stereocenters. The third kappa shape index (κ3) is 7.74. The zero-order valence-corrected chi connectivity index (χ0v) is 23.8. The van der Waals surface area contributed by atoms with Crippen LogP contribution < -0.4 is 0 Å². The SMILES string of the molecule is CCCC[Si@](C)([N-]C(C)(C)C)C1CC(N2CCCC2)C2CCCCC21.[CH3-].[CH3-].[CH3-].[Ti+4]. The Labute approximate surface area is 201 Å². The van der Waals surface area contributed by atoms with Gasteiger partial charge in [-0.2, -0.15) is 0 Å². The molecule has 2 aliphatic carbocycles. The van der Waals surface area contributed by atoms with Gasteiger partial charge in [0.25, 0.3) is 0 Å². The predicted octanol–water partition coefficient (Wildman–Crippen LogP) is 7.93. The van der Waals surface area contributed by atoms with Crippen molar-refractivity contribution in [3.8, 4) is 0 Å². The van der Waals surface area contributed by atoms with Crippen LogP contribution in [0.1, 0.15) is 85.5 Å². The fraction of sp³-hybridized carbons (Fsp3) is 0.880. The van der Waals surface area contributed by atoms with E-state index in [1.165, 1.54) is 76.9 Å². The standard InChI is InChI=1S/C22H43N2Si.3CH3.Ti/c1-6-7-16-25(5,23-22(2,3)4)21-17-20(24-14-10-11-15-24)18-12-8-9-13-19(18)21;;;;/h18-21H,6-17H2,1-5H3;3*1H3;/q4*-1;+4/t18?,19?,20?,21?,25-;;;;/m0..../s1. The minimum atomic E-state index is -1.58. The van der Waals surface area contributed by atoms with Gasteiger partial charge in [0, 0.05) is 6.04 Å². The summed E-state index contributed by atoms with van der Waals surface area (Å²) in [5.74, 6) is 2.00. The summed E-state index contributed by atoms with van der Waals surface area (Å²) in [6, 6.07) is 2.34. The summed E-state index contributed by atoms with van der Waals surface area (Å²) in [6.45, 7) is 14.8. The normalized spacial score (nSPS) is 31.3. The molecule has 1 saturated heterocycles. The molecule has 0 aromatic rings. The maximum atomic E-state index is 5.63. The Balaban J connectivity index is 0. The molecule has 1 aliphatic heterocycles. The Morgan fingerprint density at radius 1 is 0.931 bits per heavy atom. The van der Waals surface area contributed by atoms with Gasteiger partial charge in [0.05, 0.1) is 0 Å². The molecule has 0 spiro atoms. The van der Waals surface area contributed by atoms with E-state index in [0.29, 0.717) is 0 Å². The van der Waals surface area contributed by atoms with Crippen molar-refractivity contribution in [2.45, 2.75) is 115 Å². The molecule has 0 amide bonds. The third-order valence-electron chi connectivity index (χ3n) is 7.42. The Bertz CT molecular complexity index is 433. The van der Waals surface area contributed by atoms with Gasteiger partial charge < -0.3 is 32.2 Å². The summed E-state index contributed by atoms with van der Waals surface area (Å²) >= 11 is 0. The van der Waals surface area contributed by atoms with Crippen molar-refractivity contribution in [2.24, 2.45) is 11.8 Å². The first-order chi connectivity index (χ1) is 11.8. The van der Waals surface area contributed by atoms with Crippen molar-refractivity contribution >= 4 is 8.24 Å². The first-order valence-electron chi connectivity index (χ1n) is 11.3. The van der Waals surface area contributed by atoms with Crippen LogP contribution in [-0.4, -0.2) is 37.8 Å². The maximum absolute atomic E-state index is 5.63. The van der Waals surface area contributed by atoms with Gasteiger partial charge in [-0.25, -0.2) is 0 Å². The van der Waals surface area contributed by atoms with Gasteiger partial charge in [-0.1, -0.05) is 86.2 Å². The second-order valence-electron chi connectivity index (χ2n) is 10.5. The average Bonchev–Trinajstić information content (AvgIpc) is 3.18. The summed E-state index contributed by atoms with van der Waals surface area (Å²) < 4.78 is 0. The Morgan fingerprint density at radius 2 is 1.48 bits per heavy atom. The van der Waals surface area contributed by atoms with E-state index in [-0.39, 0.29) is 49.5 Å². The molecule has 170 valence electrons. The van der Waals surface area contributed by atoms with Crippen LogP contribution in [0.3, 0.4) is 0 Å². The number of rotatable bonds is 6. The summed E-state index contributed by atoms with van der Waals surface area (Å²) in [4.78, 5) is 8.53. The molecule has 4 heteroatoms. The Hall–Kier alpha value is 0.851. The molecule has 0 aromatic heterocycles. The fourth-order valence-electron chi connectivity index (χ4n) is 6.61. The second-order valence-corrected chi connectivity index (χ2v) is 14.7. The number of hydrogen-bond acceptors (Lipinski definition) is 1. The third-order valence-corrected chi connectivity index (χ3v) is 12.2. The van der Waals surface area contributed by atoms with Crippen LogP contribution in [0.2, 0.25) is 18.1 Å². The van der Waals surface area contributed by atoms with Gasteiger partial charge >= 0.3 is 21.7 Å². The molecule has 29 heavy (non-hydrogen) atoms. The van der Waals surface area contributed by atoms with Crippen molar-refractivity contribution < 1.29 is 21.7 Å². The molecule has 0 bridgehead atoms. The summed E-state index contributed by atoms with van der Waals surface area (Å²) in [5.41, 5.74) is 1.10. The molecular weight excluding hydrogens is 404 g/mol. The summed E-state index contributed by atoms with van der Waals surface area (Å²) in [6.07, 6.45) is 13.1. The summed E-state index contributed by atoms with van der Waals surface area (Å²) in [7, 11) is -1.58. The van der Waals surface area contributed by atoms with E-state index in [2.05, 4.69) is 39.1 Å². The molecule has 5 atom stereocenters. The van der Waals surface area contributed by atoms with E-state index in [0.717, 1.165) is 23.4 Å². The van der Waals surface area contributed by atoms with Crippen LogP contribution in [0.5, 0.6) is 0 Å². The number of likely N-dealkylation sites (tertiary alicyclic amines) is 1. The topological polar surface area (TPSA) is 17.3 Å². The predicted molar refractivity (Wildman–Crippen MR) is 132 cm³/mol. The second kappa shape index (κ2) is 13.4. The zero-order chi connectivity index (χ0) is 18.1. The molecule has 2 nitrogen and oxygen atoms in total. The molecule has 2 saturated carbocycles. The van der Waals surface area contributed by atoms with Gasteiger partial charge in [0.1, 0.15) is 0 Å². The van der Waals surface area contributed by atoms with Crippen molar-refractivity contribution in [3.05, 3.63) is 27.3 Å².